The van der Waals surface area contributed by atoms with Gasteiger partial charge in [0, 0.05) is 19.2 Å². The summed E-state index contributed by atoms with van der Waals surface area (Å²) in [5, 5.41) is 0. The van der Waals surface area contributed by atoms with Crippen molar-refractivity contribution in [2.45, 2.75) is 43.5 Å². The first kappa shape index (κ1) is 16.0. The minimum Gasteiger partial charge on any atom is -0.452 e. The lowest BCUT2D eigenvalue weighted by atomic mass is 10.2. The molecule has 0 aromatic carbocycles. The van der Waals surface area contributed by atoms with Gasteiger partial charge in [0.05, 0.1) is 5.88 Å². The highest BCUT2D eigenvalue weighted by Gasteiger charge is 2.30. The van der Waals surface area contributed by atoms with E-state index in [0.717, 1.165) is 12.8 Å². The topological polar surface area (TPSA) is 50.5 Å². The first-order valence-electron chi connectivity index (χ1n) is 5.70. The van der Waals surface area contributed by atoms with Gasteiger partial charge < -0.3 is 4.42 Å². The van der Waals surface area contributed by atoms with E-state index in [-0.39, 0.29) is 21.5 Å². The first-order valence-corrected chi connectivity index (χ1v) is 8.47. The summed E-state index contributed by atoms with van der Waals surface area (Å²) in [6.07, 6.45) is 1.54. The summed E-state index contributed by atoms with van der Waals surface area (Å²) in [6.45, 7) is 3.93. The van der Waals surface area contributed by atoms with Gasteiger partial charge in [0.1, 0.15) is 10.7 Å². The zero-order valence-corrected chi connectivity index (χ0v) is 13.8. The Morgan fingerprint density at radius 1 is 1.44 bits per heavy atom. The Morgan fingerprint density at radius 3 is 2.39 bits per heavy atom. The Balaban J connectivity index is 3.16. The molecule has 7 heteroatoms. The lowest BCUT2D eigenvalue weighted by molar-refractivity contribution is 0.349. The Labute approximate surface area is 121 Å². The average Bonchev–Trinajstić information content (AvgIpc) is 2.72. The Bertz CT molecular complexity index is 496. The quantitative estimate of drug-likeness (QED) is 0.730. The minimum absolute atomic E-state index is 0.0174. The zero-order chi connectivity index (χ0) is 13.9. The van der Waals surface area contributed by atoms with Gasteiger partial charge in [-0.15, -0.1) is 11.6 Å². The van der Waals surface area contributed by atoms with Crippen LogP contribution in [0.15, 0.2) is 20.0 Å². The van der Waals surface area contributed by atoms with E-state index < -0.39 is 10.0 Å². The van der Waals surface area contributed by atoms with E-state index in [4.69, 9.17) is 16.0 Å². The smallest absolute Gasteiger partial charge is 0.247 e. The molecule has 0 aliphatic rings. The van der Waals surface area contributed by atoms with E-state index in [2.05, 4.69) is 15.9 Å². The van der Waals surface area contributed by atoms with Crippen LogP contribution in [0.25, 0.3) is 0 Å². The molecule has 104 valence electrons. The Hall–Kier alpha value is -0.0400. The molecule has 1 heterocycles. The molecule has 1 aromatic heterocycles. The molecule has 0 saturated heterocycles. The van der Waals surface area contributed by atoms with Crippen molar-refractivity contribution < 1.29 is 12.8 Å². The molecule has 0 spiro atoms. The molecule has 0 fully saturated rings. The van der Waals surface area contributed by atoms with Crippen molar-refractivity contribution in [1.29, 1.82) is 0 Å². The molecule has 0 aliphatic heterocycles. The molecular formula is C11H17BrClNO3S. The maximum atomic E-state index is 12.4. The van der Waals surface area contributed by atoms with E-state index in [1.165, 1.54) is 10.4 Å². The molecule has 0 amide bonds. The van der Waals surface area contributed by atoms with Crippen LogP contribution >= 0.6 is 27.5 Å². The fourth-order valence-electron chi connectivity index (χ4n) is 1.79. The number of nitrogens with zero attached hydrogens (tertiary/aromatic N) is 1. The van der Waals surface area contributed by atoms with Gasteiger partial charge in [-0.3, -0.25) is 0 Å². The van der Waals surface area contributed by atoms with E-state index in [1.807, 2.05) is 13.8 Å². The SMILES string of the molecule is CCC(CC)N(C)S(=O)(=O)c1cc(CCl)oc1Br. The number of halogens is 2. The predicted octanol–water partition coefficient (Wildman–Crippen LogP) is 3.59. The van der Waals surface area contributed by atoms with Crippen LogP contribution in [-0.2, 0) is 15.9 Å². The third-order valence-corrected chi connectivity index (χ3v) is 5.98. The van der Waals surface area contributed by atoms with Gasteiger partial charge in [0.25, 0.3) is 0 Å². The van der Waals surface area contributed by atoms with Crippen LogP contribution in [0.5, 0.6) is 0 Å². The van der Waals surface area contributed by atoms with Crippen LogP contribution < -0.4 is 0 Å². The van der Waals surface area contributed by atoms with Crippen molar-refractivity contribution in [3.63, 3.8) is 0 Å². The number of sulfonamides is 1. The van der Waals surface area contributed by atoms with Gasteiger partial charge in [-0.1, -0.05) is 13.8 Å². The molecule has 18 heavy (non-hydrogen) atoms. The van der Waals surface area contributed by atoms with Crippen LogP contribution in [0.1, 0.15) is 32.4 Å². The monoisotopic (exact) mass is 357 g/mol. The summed E-state index contributed by atoms with van der Waals surface area (Å²) in [6, 6.07) is 1.45. The molecule has 0 N–H and O–H groups in total. The highest BCUT2D eigenvalue weighted by molar-refractivity contribution is 9.10. The summed E-state index contributed by atoms with van der Waals surface area (Å²) >= 11 is 8.76. The van der Waals surface area contributed by atoms with E-state index in [0.29, 0.717) is 5.76 Å². The molecule has 0 aliphatic carbocycles. The molecule has 4 nitrogen and oxygen atoms in total. The van der Waals surface area contributed by atoms with Gasteiger partial charge in [0.2, 0.25) is 10.0 Å². The normalized spacial score (nSPS) is 12.6. The molecule has 0 atom stereocenters. The highest BCUT2D eigenvalue weighted by atomic mass is 79.9. The first-order chi connectivity index (χ1) is 8.38. The second kappa shape index (κ2) is 6.41. The van der Waals surface area contributed by atoms with Crippen molar-refractivity contribution >= 4 is 37.6 Å². The maximum absolute atomic E-state index is 12.4. The number of furan rings is 1. The number of alkyl halides is 1. The summed E-state index contributed by atoms with van der Waals surface area (Å²) in [4.78, 5) is 0.132. The predicted molar refractivity (Wildman–Crippen MR) is 75.3 cm³/mol. The van der Waals surface area contributed by atoms with Crippen LogP contribution in [-0.4, -0.2) is 25.8 Å². The molecule has 1 rings (SSSR count). The largest absolute Gasteiger partial charge is 0.452 e. The van der Waals surface area contributed by atoms with Crippen molar-refractivity contribution in [2.24, 2.45) is 0 Å². The summed E-state index contributed by atoms with van der Waals surface area (Å²) < 4.78 is 31.7. The highest BCUT2D eigenvalue weighted by Crippen LogP contribution is 2.30. The van der Waals surface area contributed by atoms with Crippen molar-refractivity contribution in [3.05, 3.63) is 16.5 Å². The zero-order valence-electron chi connectivity index (χ0n) is 10.6. The Morgan fingerprint density at radius 2 is 2.00 bits per heavy atom. The number of hydrogen-bond acceptors (Lipinski definition) is 3. The third-order valence-electron chi connectivity index (χ3n) is 2.95. The lowest BCUT2D eigenvalue weighted by Crippen LogP contribution is -2.36. The van der Waals surface area contributed by atoms with E-state index >= 15 is 0 Å². The summed E-state index contributed by atoms with van der Waals surface area (Å²) in [5.74, 6) is 0.572. The maximum Gasteiger partial charge on any atom is 0.247 e. The summed E-state index contributed by atoms with van der Waals surface area (Å²) in [5.41, 5.74) is 0. The Kier molecular flexibility index (Phi) is 5.70. The van der Waals surface area contributed by atoms with Crippen molar-refractivity contribution in [1.82, 2.24) is 4.31 Å². The van der Waals surface area contributed by atoms with E-state index in [9.17, 15) is 8.42 Å². The molecule has 0 radical (unpaired) electrons. The van der Waals surface area contributed by atoms with Crippen LogP contribution in [0.3, 0.4) is 0 Å². The fourth-order valence-corrected chi connectivity index (χ4v) is 4.39. The van der Waals surface area contributed by atoms with Crippen molar-refractivity contribution in [3.8, 4) is 0 Å². The number of rotatable bonds is 6. The van der Waals surface area contributed by atoms with Crippen LogP contribution in [0, 0.1) is 0 Å². The van der Waals surface area contributed by atoms with Gasteiger partial charge in [0.15, 0.2) is 4.67 Å². The van der Waals surface area contributed by atoms with Gasteiger partial charge in [-0.25, -0.2) is 8.42 Å². The molecule has 1 aromatic rings. The fraction of sp³-hybridized carbons (Fsp3) is 0.636. The van der Waals surface area contributed by atoms with Crippen LogP contribution in [0.2, 0.25) is 0 Å². The third kappa shape index (κ3) is 3.10. The molecule has 0 bridgehead atoms. The molecular weight excluding hydrogens is 342 g/mol. The second-order valence-electron chi connectivity index (χ2n) is 3.98. The average molecular weight is 359 g/mol. The molecule has 0 unspecified atom stereocenters. The van der Waals surface area contributed by atoms with Crippen molar-refractivity contribution in [2.75, 3.05) is 7.05 Å². The summed E-state index contributed by atoms with van der Waals surface area (Å²) in [7, 11) is -1.96. The second-order valence-corrected chi connectivity index (χ2v) is 6.93. The van der Waals surface area contributed by atoms with Gasteiger partial charge in [-0.05, 0) is 28.8 Å². The number of hydrogen-bond donors (Lipinski definition) is 0. The standard InChI is InChI=1S/C11H17BrClNO3S/c1-4-8(5-2)14(3)18(15,16)10-6-9(7-13)17-11(10)12/h6,8H,4-5,7H2,1-3H3. The van der Waals surface area contributed by atoms with E-state index in [1.54, 1.807) is 7.05 Å². The van der Waals surface area contributed by atoms with Gasteiger partial charge >= 0.3 is 0 Å². The van der Waals surface area contributed by atoms with Gasteiger partial charge in [-0.2, -0.15) is 4.31 Å². The minimum atomic E-state index is -3.55. The molecule has 0 saturated carbocycles. The van der Waals surface area contributed by atoms with Crippen LogP contribution in [0.4, 0.5) is 0 Å². The lowest BCUT2D eigenvalue weighted by Gasteiger charge is -2.24.